The zero-order chi connectivity index (χ0) is 17.0. The van der Waals surface area contributed by atoms with Crippen LogP contribution in [-0.2, 0) is 5.54 Å². The van der Waals surface area contributed by atoms with Crippen LogP contribution in [0.3, 0.4) is 0 Å². The van der Waals surface area contributed by atoms with Gasteiger partial charge in [-0.15, -0.1) is 0 Å². The third-order valence-electron chi connectivity index (χ3n) is 3.27. The van der Waals surface area contributed by atoms with Crippen molar-refractivity contribution in [3.8, 4) is 0 Å². The fourth-order valence-electron chi connectivity index (χ4n) is 2.10. The number of carbonyl (C=O) groups is 1. The van der Waals surface area contributed by atoms with E-state index in [1.165, 1.54) is 18.5 Å². The molecule has 1 aromatic heterocycles. The van der Waals surface area contributed by atoms with Gasteiger partial charge in [-0.05, 0) is 19.9 Å². The molecule has 0 aliphatic rings. The van der Waals surface area contributed by atoms with E-state index in [4.69, 9.17) is 0 Å². The second kappa shape index (κ2) is 6.60. The normalized spacial score (nSPS) is 11.0. The van der Waals surface area contributed by atoms with Gasteiger partial charge in [-0.25, -0.2) is 19.2 Å². The van der Waals surface area contributed by atoms with Crippen LogP contribution in [0.4, 0.5) is 20.8 Å². The number of carbonyl (C=O) groups excluding carboxylic acids is 1. The van der Waals surface area contributed by atoms with Gasteiger partial charge in [-0.2, -0.15) is 0 Å². The molecule has 0 spiro atoms. The summed E-state index contributed by atoms with van der Waals surface area (Å²) < 4.78 is 13.9. The van der Waals surface area contributed by atoms with Crippen molar-refractivity contribution in [3.63, 3.8) is 0 Å². The molecular formula is C16H20FN5O. The van der Waals surface area contributed by atoms with Crippen molar-refractivity contribution >= 4 is 17.7 Å². The van der Waals surface area contributed by atoms with Crippen LogP contribution in [0, 0.1) is 5.82 Å². The monoisotopic (exact) mass is 317 g/mol. The lowest BCUT2D eigenvalue weighted by atomic mass is 9.94. The first-order valence-corrected chi connectivity index (χ1v) is 7.13. The van der Waals surface area contributed by atoms with Gasteiger partial charge in [0.2, 0.25) is 5.95 Å². The average Bonchev–Trinajstić information content (AvgIpc) is 2.47. The summed E-state index contributed by atoms with van der Waals surface area (Å²) in [5, 5.41) is 5.38. The van der Waals surface area contributed by atoms with Crippen molar-refractivity contribution in [2.75, 3.05) is 24.3 Å². The first-order valence-electron chi connectivity index (χ1n) is 7.13. The minimum absolute atomic E-state index is 0.364. The molecule has 0 bridgehead atoms. The summed E-state index contributed by atoms with van der Waals surface area (Å²) in [5.74, 6) is 0.180. The third-order valence-corrected chi connectivity index (χ3v) is 3.27. The van der Waals surface area contributed by atoms with Gasteiger partial charge in [0, 0.05) is 19.7 Å². The number of hydrogen-bond donors (Lipinski definition) is 2. The van der Waals surface area contributed by atoms with Gasteiger partial charge >= 0.3 is 6.03 Å². The smallest absolute Gasteiger partial charge is 0.320 e. The molecule has 2 rings (SSSR count). The van der Waals surface area contributed by atoms with E-state index in [0.717, 1.165) is 0 Å². The number of anilines is 2. The fraction of sp³-hybridized carbons (Fsp3) is 0.312. The molecule has 0 radical (unpaired) electrons. The second-order valence-electron chi connectivity index (χ2n) is 5.85. The van der Waals surface area contributed by atoms with Crippen molar-refractivity contribution in [2.24, 2.45) is 0 Å². The van der Waals surface area contributed by atoms with Gasteiger partial charge in [0.1, 0.15) is 5.82 Å². The van der Waals surface area contributed by atoms with Gasteiger partial charge in [-0.1, -0.05) is 18.2 Å². The van der Waals surface area contributed by atoms with Gasteiger partial charge in [0.05, 0.1) is 23.6 Å². The van der Waals surface area contributed by atoms with Crippen LogP contribution >= 0.6 is 0 Å². The number of aromatic nitrogens is 2. The van der Waals surface area contributed by atoms with E-state index in [1.807, 2.05) is 14.1 Å². The van der Waals surface area contributed by atoms with Gasteiger partial charge < -0.3 is 15.5 Å². The summed E-state index contributed by atoms with van der Waals surface area (Å²) >= 11 is 0. The zero-order valence-corrected chi connectivity index (χ0v) is 13.6. The molecule has 23 heavy (non-hydrogen) atoms. The molecule has 0 saturated heterocycles. The van der Waals surface area contributed by atoms with E-state index in [0.29, 0.717) is 17.2 Å². The largest absolute Gasteiger partial charge is 0.347 e. The lowest BCUT2D eigenvalue weighted by Crippen LogP contribution is -2.43. The Kier molecular flexibility index (Phi) is 4.78. The van der Waals surface area contributed by atoms with Crippen LogP contribution in [0.2, 0.25) is 0 Å². The van der Waals surface area contributed by atoms with E-state index >= 15 is 0 Å². The molecule has 2 amide bonds. The lowest BCUT2D eigenvalue weighted by molar-refractivity contribution is 0.241. The van der Waals surface area contributed by atoms with E-state index in [2.05, 4.69) is 20.6 Å². The Morgan fingerprint density at radius 2 is 1.78 bits per heavy atom. The van der Waals surface area contributed by atoms with Crippen molar-refractivity contribution < 1.29 is 9.18 Å². The maximum Gasteiger partial charge on any atom is 0.320 e. The molecule has 0 saturated carbocycles. The van der Waals surface area contributed by atoms with Crippen molar-refractivity contribution in [3.05, 3.63) is 48.0 Å². The van der Waals surface area contributed by atoms with Gasteiger partial charge in [0.25, 0.3) is 0 Å². The van der Waals surface area contributed by atoms with Crippen molar-refractivity contribution in [1.29, 1.82) is 0 Å². The number of nitrogens with zero attached hydrogens (tertiary/aromatic N) is 3. The van der Waals surface area contributed by atoms with E-state index in [-0.39, 0.29) is 5.82 Å². The highest BCUT2D eigenvalue weighted by Crippen LogP contribution is 2.22. The quantitative estimate of drug-likeness (QED) is 0.909. The molecule has 0 aliphatic heterocycles. The molecule has 1 aromatic carbocycles. The van der Waals surface area contributed by atoms with Crippen LogP contribution in [-0.4, -0.2) is 30.1 Å². The molecule has 2 N–H and O–H groups in total. The van der Waals surface area contributed by atoms with E-state index < -0.39 is 11.6 Å². The van der Waals surface area contributed by atoms with Gasteiger partial charge in [0.15, 0.2) is 0 Å². The summed E-state index contributed by atoms with van der Waals surface area (Å²) in [6, 6.07) is 5.89. The molecule has 122 valence electrons. The highest BCUT2D eigenvalue weighted by molar-refractivity contribution is 5.89. The molecule has 2 aromatic rings. The Balaban J connectivity index is 2.05. The SMILES string of the molecule is CN(C)c1ncc(NC(=O)NC(C)(C)c2ccccc2F)cn1. The van der Waals surface area contributed by atoms with Crippen LogP contribution in [0.5, 0.6) is 0 Å². The highest BCUT2D eigenvalue weighted by Gasteiger charge is 2.25. The fourth-order valence-corrected chi connectivity index (χ4v) is 2.10. The maximum atomic E-state index is 13.9. The van der Waals surface area contributed by atoms with Crippen LogP contribution in [0.25, 0.3) is 0 Å². The first kappa shape index (κ1) is 16.7. The standard InChI is InChI=1S/C16H20FN5O/c1-16(2,12-7-5-6-8-13(12)17)21-15(23)20-11-9-18-14(19-10-11)22(3)4/h5-10H,1-4H3,(H2,20,21,23). The number of amides is 2. The number of hydrogen-bond acceptors (Lipinski definition) is 4. The van der Waals surface area contributed by atoms with Crippen molar-refractivity contribution in [2.45, 2.75) is 19.4 Å². The van der Waals surface area contributed by atoms with Crippen LogP contribution in [0.15, 0.2) is 36.7 Å². The van der Waals surface area contributed by atoms with E-state index in [9.17, 15) is 9.18 Å². The van der Waals surface area contributed by atoms with Gasteiger partial charge in [-0.3, -0.25) is 0 Å². The Morgan fingerprint density at radius 1 is 1.17 bits per heavy atom. The summed E-state index contributed by atoms with van der Waals surface area (Å²) in [7, 11) is 3.65. The Morgan fingerprint density at radius 3 is 2.35 bits per heavy atom. The Labute approximate surface area is 134 Å². The van der Waals surface area contributed by atoms with Crippen LogP contribution < -0.4 is 15.5 Å². The van der Waals surface area contributed by atoms with Crippen LogP contribution in [0.1, 0.15) is 19.4 Å². The minimum Gasteiger partial charge on any atom is -0.347 e. The number of rotatable bonds is 4. The summed E-state index contributed by atoms with van der Waals surface area (Å²) in [4.78, 5) is 22.1. The third kappa shape index (κ3) is 4.15. The molecule has 6 nitrogen and oxygen atoms in total. The predicted octanol–water partition coefficient (Wildman–Crippen LogP) is 2.74. The van der Waals surface area contributed by atoms with Crippen molar-refractivity contribution in [1.82, 2.24) is 15.3 Å². The molecule has 7 heteroatoms. The number of nitrogens with one attached hydrogen (secondary N) is 2. The summed E-state index contributed by atoms with van der Waals surface area (Å²) in [6.07, 6.45) is 3.02. The second-order valence-corrected chi connectivity index (χ2v) is 5.85. The molecular weight excluding hydrogens is 297 g/mol. The highest BCUT2D eigenvalue weighted by atomic mass is 19.1. The molecule has 0 fully saturated rings. The van der Waals surface area contributed by atoms with E-state index in [1.54, 1.807) is 36.9 Å². The Hall–Kier alpha value is -2.70. The lowest BCUT2D eigenvalue weighted by Gasteiger charge is -2.27. The number of halogens is 1. The molecule has 0 aliphatic carbocycles. The minimum atomic E-state index is -0.861. The number of urea groups is 1. The molecule has 0 unspecified atom stereocenters. The Bertz CT molecular complexity index is 685. The number of benzene rings is 1. The first-order chi connectivity index (χ1) is 10.8. The summed E-state index contributed by atoms with van der Waals surface area (Å²) in [5.41, 5.74) is 0.00615. The summed E-state index contributed by atoms with van der Waals surface area (Å²) in [6.45, 7) is 3.47. The molecule has 1 heterocycles. The zero-order valence-electron chi connectivity index (χ0n) is 13.6. The molecule has 0 atom stereocenters. The predicted molar refractivity (Wildman–Crippen MR) is 87.9 cm³/mol. The topological polar surface area (TPSA) is 70.2 Å². The maximum absolute atomic E-state index is 13.9. The average molecular weight is 317 g/mol.